The summed E-state index contributed by atoms with van der Waals surface area (Å²) in [5.74, 6) is 0. The van der Waals surface area contributed by atoms with Crippen molar-refractivity contribution < 1.29 is 4.79 Å². The van der Waals surface area contributed by atoms with E-state index in [9.17, 15) is 4.79 Å². The van der Waals surface area contributed by atoms with Crippen molar-refractivity contribution in [3.05, 3.63) is 42.0 Å². The van der Waals surface area contributed by atoms with E-state index in [0.717, 1.165) is 11.8 Å². The van der Waals surface area contributed by atoms with Gasteiger partial charge in [0, 0.05) is 13.1 Å². The molecule has 4 nitrogen and oxygen atoms in total. The van der Waals surface area contributed by atoms with Crippen LogP contribution < -0.4 is 16.6 Å². The number of aldehydes is 1. The molecule has 0 bridgehead atoms. The van der Waals surface area contributed by atoms with Gasteiger partial charge in [-0.15, -0.1) is 0 Å². The minimum Gasteiger partial charge on any atom is -0.329 e. The van der Waals surface area contributed by atoms with Crippen molar-refractivity contribution in [2.75, 3.05) is 13.1 Å². The van der Waals surface area contributed by atoms with Gasteiger partial charge in [0.05, 0.1) is 6.04 Å². The van der Waals surface area contributed by atoms with Gasteiger partial charge in [-0.05, 0) is 5.56 Å². The zero-order valence-corrected chi connectivity index (χ0v) is 9.10. The fourth-order valence-electron chi connectivity index (χ4n) is 1.17. The molecule has 0 fully saturated rings. The molecule has 0 aliphatic rings. The highest BCUT2D eigenvalue weighted by Crippen LogP contribution is 2.01. The number of nitrogens with one attached hydrogen (secondary N) is 2. The molecule has 1 atom stereocenters. The molecular formula is C12H17N3O. The van der Waals surface area contributed by atoms with Crippen molar-refractivity contribution in [2.45, 2.75) is 6.04 Å². The van der Waals surface area contributed by atoms with Crippen LogP contribution in [-0.2, 0) is 4.79 Å². The summed E-state index contributed by atoms with van der Waals surface area (Å²) in [6, 6.07) is 9.48. The van der Waals surface area contributed by atoms with Crippen LogP contribution in [0.5, 0.6) is 0 Å². The quantitative estimate of drug-likeness (QED) is 0.351. The maximum Gasteiger partial charge on any atom is 0.142 e. The van der Waals surface area contributed by atoms with Crippen LogP contribution in [0.2, 0.25) is 0 Å². The van der Waals surface area contributed by atoms with E-state index in [2.05, 4.69) is 10.9 Å². The van der Waals surface area contributed by atoms with Crippen molar-refractivity contribution in [2.24, 2.45) is 5.73 Å². The molecule has 0 saturated carbocycles. The van der Waals surface area contributed by atoms with Gasteiger partial charge in [-0.1, -0.05) is 42.5 Å². The summed E-state index contributed by atoms with van der Waals surface area (Å²) in [5, 5.41) is 0. The normalized spacial score (nSPS) is 12.8. The molecule has 1 aromatic carbocycles. The van der Waals surface area contributed by atoms with Crippen LogP contribution >= 0.6 is 0 Å². The highest BCUT2D eigenvalue weighted by Gasteiger charge is 1.99. The predicted molar refractivity (Wildman–Crippen MR) is 65.5 cm³/mol. The van der Waals surface area contributed by atoms with Gasteiger partial charge in [0.25, 0.3) is 0 Å². The molecule has 0 radical (unpaired) electrons. The van der Waals surface area contributed by atoms with Gasteiger partial charge < -0.3 is 10.5 Å². The Bertz CT molecular complexity index is 324. The van der Waals surface area contributed by atoms with Crippen molar-refractivity contribution in [1.82, 2.24) is 10.9 Å². The topological polar surface area (TPSA) is 67.2 Å². The van der Waals surface area contributed by atoms with Gasteiger partial charge in [0.1, 0.15) is 6.29 Å². The second-order valence-electron chi connectivity index (χ2n) is 3.29. The Morgan fingerprint density at radius 1 is 1.31 bits per heavy atom. The number of hydrogen-bond acceptors (Lipinski definition) is 4. The van der Waals surface area contributed by atoms with Crippen LogP contribution in [0.25, 0.3) is 6.08 Å². The largest absolute Gasteiger partial charge is 0.329 e. The smallest absolute Gasteiger partial charge is 0.142 e. The van der Waals surface area contributed by atoms with Crippen LogP contribution in [-0.4, -0.2) is 25.4 Å². The molecule has 0 aliphatic carbocycles. The fourth-order valence-corrected chi connectivity index (χ4v) is 1.17. The van der Waals surface area contributed by atoms with Crippen LogP contribution in [0.1, 0.15) is 5.56 Å². The molecule has 4 heteroatoms. The molecule has 0 aliphatic heterocycles. The molecule has 1 unspecified atom stereocenters. The van der Waals surface area contributed by atoms with Gasteiger partial charge in [-0.2, -0.15) is 0 Å². The number of hydrazine groups is 1. The summed E-state index contributed by atoms with van der Waals surface area (Å²) >= 11 is 0. The molecule has 0 spiro atoms. The van der Waals surface area contributed by atoms with Gasteiger partial charge in [-0.3, -0.25) is 5.43 Å². The molecule has 1 aromatic rings. The van der Waals surface area contributed by atoms with E-state index < -0.39 is 0 Å². The highest BCUT2D eigenvalue weighted by molar-refractivity contribution is 5.64. The predicted octanol–water partition coefficient (Wildman–Crippen LogP) is 0.320. The molecule has 16 heavy (non-hydrogen) atoms. The summed E-state index contributed by atoms with van der Waals surface area (Å²) in [7, 11) is 0. The second kappa shape index (κ2) is 7.76. The van der Waals surface area contributed by atoms with E-state index in [1.807, 2.05) is 36.4 Å². The monoisotopic (exact) mass is 219 g/mol. The summed E-state index contributed by atoms with van der Waals surface area (Å²) < 4.78 is 0. The number of rotatable bonds is 7. The first kappa shape index (κ1) is 12.6. The van der Waals surface area contributed by atoms with Crippen LogP contribution in [0.3, 0.4) is 0 Å². The Morgan fingerprint density at radius 2 is 2.06 bits per heavy atom. The third kappa shape index (κ3) is 4.84. The van der Waals surface area contributed by atoms with Gasteiger partial charge in [0.15, 0.2) is 0 Å². The molecule has 0 aromatic heterocycles. The van der Waals surface area contributed by atoms with E-state index in [0.29, 0.717) is 13.1 Å². The zero-order valence-electron chi connectivity index (χ0n) is 9.10. The van der Waals surface area contributed by atoms with E-state index in [4.69, 9.17) is 5.73 Å². The highest BCUT2D eigenvalue weighted by atomic mass is 16.1. The van der Waals surface area contributed by atoms with E-state index >= 15 is 0 Å². The third-order valence-electron chi connectivity index (χ3n) is 1.98. The van der Waals surface area contributed by atoms with Crippen molar-refractivity contribution in [1.29, 1.82) is 0 Å². The first-order valence-electron chi connectivity index (χ1n) is 5.24. The van der Waals surface area contributed by atoms with Gasteiger partial charge in [0.2, 0.25) is 0 Å². The average molecular weight is 219 g/mol. The number of carbonyl (C=O) groups excluding carboxylic acids is 1. The van der Waals surface area contributed by atoms with Crippen LogP contribution in [0, 0.1) is 0 Å². The van der Waals surface area contributed by atoms with Gasteiger partial charge in [-0.25, -0.2) is 5.43 Å². The minimum absolute atomic E-state index is 0.341. The van der Waals surface area contributed by atoms with Gasteiger partial charge >= 0.3 is 0 Å². The van der Waals surface area contributed by atoms with Crippen molar-refractivity contribution in [3.8, 4) is 0 Å². The lowest BCUT2D eigenvalue weighted by molar-refractivity contribution is -0.108. The number of benzene rings is 1. The first-order chi connectivity index (χ1) is 7.86. The van der Waals surface area contributed by atoms with Crippen LogP contribution in [0.4, 0.5) is 0 Å². The standard InChI is InChI=1S/C12H17N3O/c13-8-9-14-15-12(10-16)7-6-11-4-2-1-3-5-11/h1-7,10,12,14-15H,8-9,13H2/b7-6+. The minimum atomic E-state index is -0.341. The Morgan fingerprint density at radius 3 is 2.69 bits per heavy atom. The van der Waals surface area contributed by atoms with E-state index in [1.165, 1.54) is 0 Å². The third-order valence-corrected chi connectivity index (χ3v) is 1.98. The molecule has 1 rings (SSSR count). The Balaban J connectivity index is 2.43. The van der Waals surface area contributed by atoms with Crippen molar-refractivity contribution in [3.63, 3.8) is 0 Å². The summed E-state index contributed by atoms with van der Waals surface area (Å²) in [6.45, 7) is 1.16. The fraction of sp³-hybridized carbons (Fsp3) is 0.250. The number of hydrogen-bond donors (Lipinski definition) is 3. The molecule has 0 amide bonds. The van der Waals surface area contributed by atoms with Crippen LogP contribution in [0.15, 0.2) is 36.4 Å². The lowest BCUT2D eigenvalue weighted by atomic mass is 10.2. The van der Waals surface area contributed by atoms with E-state index in [-0.39, 0.29) is 6.04 Å². The summed E-state index contributed by atoms with van der Waals surface area (Å²) in [4.78, 5) is 10.7. The molecule has 4 N–H and O–H groups in total. The SMILES string of the molecule is NCCNNC(C=O)/C=C/c1ccccc1. The lowest BCUT2D eigenvalue weighted by Gasteiger charge is -2.08. The second-order valence-corrected chi connectivity index (χ2v) is 3.29. The average Bonchev–Trinajstić information content (AvgIpc) is 2.35. The Kier molecular flexibility index (Phi) is 6.10. The molecular weight excluding hydrogens is 202 g/mol. The van der Waals surface area contributed by atoms with Crippen molar-refractivity contribution >= 4 is 12.4 Å². The Hall–Kier alpha value is -1.49. The summed E-state index contributed by atoms with van der Waals surface area (Å²) in [5.41, 5.74) is 12.1. The number of nitrogens with two attached hydrogens (primary N) is 1. The lowest BCUT2D eigenvalue weighted by Crippen LogP contribution is -2.42. The molecule has 0 saturated heterocycles. The molecule has 0 heterocycles. The maximum atomic E-state index is 10.7. The molecule has 86 valence electrons. The first-order valence-corrected chi connectivity index (χ1v) is 5.24. The summed E-state index contributed by atoms with van der Waals surface area (Å²) in [6.07, 6.45) is 4.53. The maximum absolute atomic E-state index is 10.7. The zero-order chi connectivity index (χ0) is 11.6. The number of carbonyl (C=O) groups is 1. The van der Waals surface area contributed by atoms with E-state index in [1.54, 1.807) is 6.08 Å². The Labute approximate surface area is 95.5 Å².